The van der Waals surface area contributed by atoms with Gasteiger partial charge >= 0.3 is 0 Å². The van der Waals surface area contributed by atoms with E-state index < -0.39 is 0 Å². The first kappa shape index (κ1) is 9.59. The monoisotopic (exact) mass is 197 g/mol. The van der Waals surface area contributed by atoms with Crippen LogP contribution < -0.4 is 0 Å². The van der Waals surface area contributed by atoms with Gasteiger partial charge in [-0.3, -0.25) is 4.90 Å². The molecule has 0 aliphatic carbocycles. The normalized spacial score (nSPS) is 22.9. The van der Waals surface area contributed by atoms with Gasteiger partial charge in [0.2, 0.25) is 0 Å². The number of hydrogen-bond acceptors (Lipinski definition) is 1. The second-order valence-corrected chi connectivity index (χ2v) is 3.80. The molecule has 1 aromatic rings. The maximum atomic E-state index is 13.4. The van der Waals surface area contributed by atoms with Crippen LogP contribution in [-0.2, 0) is 0 Å². The Morgan fingerprint density at radius 2 is 2.14 bits per heavy atom. The molecule has 0 aromatic heterocycles. The lowest BCUT2D eigenvalue weighted by Crippen LogP contribution is -2.18. The number of nitrogens with zero attached hydrogens (tertiary/aromatic N) is 1. The summed E-state index contributed by atoms with van der Waals surface area (Å²) in [5.41, 5.74) is 0.491. The van der Waals surface area contributed by atoms with Gasteiger partial charge in [0.1, 0.15) is 11.6 Å². The molecule has 0 saturated carbocycles. The van der Waals surface area contributed by atoms with Crippen LogP contribution in [0.3, 0.4) is 0 Å². The zero-order chi connectivity index (χ0) is 10.1. The second-order valence-electron chi connectivity index (χ2n) is 3.80. The molecule has 1 heterocycles. The zero-order valence-corrected chi connectivity index (χ0v) is 8.13. The number of hydrogen-bond donors (Lipinski definition) is 0. The van der Waals surface area contributed by atoms with Crippen LogP contribution in [0.5, 0.6) is 0 Å². The highest BCUT2D eigenvalue weighted by molar-refractivity contribution is 5.23. The molecule has 1 aromatic carbocycles. The Morgan fingerprint density at radius 3 is 2.79 bits per heavy atom. The van der Waals surface area contributed by atoms with E-state index in [1.807, 2.05) is 7.05 Å². The van der Waals surface area contributed by atoms with E-state index in [0.717, 1.165) is 25.5 Å². The molecule has 1 aliphatic heterocycles. The van der Waals surface area contributed by atoms with Crippen molar-refractivity contribution in [1.29, 1.82) is 0 Å². The van der Waals surface area contributed by atoms with Gasteiger partial charge in [-0.1, -0.05) is 0 Å². The molecule has 0 N–H and O–H groups in total. The summed E-state index contributed by atoms with van der Waals surface area (Å²) in [6, 6.07) is 3.72. The predicted molar refractivity (Wildman–Crippen MR) is 51.0 cm³/mol. The average Bonchev–Trinajstić information content (AvgIpc) is 2.56. The van der Waals surface area contributed by atoms with Gasteiger partial charge in [0.15, 0.2) is 0 Å². The van der Waals surface area contributed by atoms with E-state index in [0.29, 0.717) is 5.56 Å². The van der Waals surface area contributed by atoms with Crippen LogP contribution in [0.1, 0.15) is 24.4 Å². The molecule has 1 nitrogen and oxygen atoms in total. The van der Waals surface area contributed by atoms with Crippen LogP contribution in [0.25, 0.3) is 0 Å². The molecule has 2 rings (SSSR count). The van der Waals surface area contributed by atoms with E-state index in [9.17, 15) is 8.78 Å². The van der Waals surface area contributed by atoms with Crippen molar-refractivity contribution in [2.24, 2.45) is 0 Å². The molecule has 0 unspecified atom stereocenters. The largest absolute Gasteiger partial charge is 0.299 e. The number of benzene rings is 1. The molecule has 0 radical (unpaired) electrons. The number of rotatable bonds is 1. The third-order valence-corrected chi connectivity index (χ3v) is 2.84. The minimum Gasteiger partial charge on any atom is -0.299 e. The van der Waals surface area contributed by atoms with E-state index in [1.54, 1.807) is 0 Å². The predicted octanol–water partition coefficient (Wildman–Crippen LogP) is 2.73. The first-order valence-electron chi connectivity index (χ1n) is 4.83. The van der Waals surface area contributed by atoms with Crippen molar-refractivity contribution < 1.29 is 8.78 Å². The lowest BCUT2D eigenvalue weighted by Gasteiger charge is -2.20. The molecule has 1 fully saturated rings. The van der Waals surface area contributed by atoms with Gasteiger partial charge in [-0.2, -0.15) is 0 Å². The summed E-state index contributed by atoms with van der Waals surface area (Å²) >= 11 is 0. The standard InChI is InChI=1S/C11H13F2N/c1-14-6-2-3-11(14)9-7-8(12)4-5-10(9)13/h4-5,7,11H,2-3,6H2,1H3/t11-/m0/s1. The van der Waals surface area contributed by atoms with Crippen molar-refractivity contribution in [3.63, 3.8) is 0 Å². The molecule has 76 valence electrons. The van der Waals surface area contributed by atoms with Gasteiger partial charge < -0.3 is 0 Å². The van der Waals surface area contributed by atoms with Crippen LogP contribution in [-0.4, -0.2) is 18.5 Å². The first-order valence-corrected chi connectivity index (χ1v) is 4.83. The van der Waals surface area contributed by atoms with Crippen LogP contribution >= 0.6 is 0 Å². The van der Waals surface area contributed by atoms with E-state index in [-0.39, 0.29) is 17.7 Å². The Hall–Kier alpha value is -0.960. The maximum absolute atomic E-state index is 13.4. The maximum Gasteiger partial charge on any atom is 0.128 e. The average molecular weight is 197 g/mol. The van der Waals surface area contributed by atoms with Crippen LogP contribution in [0, 0.1) is 11.6 Å². The molecule has 1 saturated heterocycles. The Balaban J connectivity index is 2.34. The van der Waals surface area contributed by atoms with Gasteiger partial charge in [-0.25, -0.2) is 8.78 Å². The highest BCUT2D eigenvalue weighted by Crippen LogP contribution is 2.32. The van der Waals surface area contributed by atoms with Gasteiger partial charge in [0, 0.05) is 11.6 Å². The summed E-state index contributed by atoms with van der Waals surface area (Å²) in [5.74, 6) is -0.660. The summed E-state index contributed by atoms with van der Waals surface area (Å²) in [7, 11) is 1.95. The fourth-order valence-corrected chi connectivity index (χ4v) is 2.07. The number of likely N-dealkylation sites (tertiary alicyclic amines) is 1. The van der Waals surface area contributed by atoms with Crippen molar-refractivity contribution >= 4 is 0 Å². The molecule has 0 spiro atoms. The highest BCUT2D eigenvalue weighted by atomic mass is 19.1. The minimum absolute atomic E-state index is 0.0469. The summed E-state index contributed by atoms with van der Waals surface area (Å²) in [4.78, 5) is 2.07. The third-order valence-electron chi connectivity index (χ3n) is 2.84. The van der Waals surface area contributed by atoms with E-state index in [1.165, 1.54) is 12.1 Å². The minimum atomic E-state index is -0.360. The summed E-state index contributed by atoms with van der Waals surface area (Å²) < 4.78 is 26.3. The van der Waals surface area contributed by atoms with Gasteiger partial charge in [0.05, 0.1) is 0 Å². The number of halogens is 2. The molecule has 3 heteroatoms. The third kappa shape index (κ3) is 1.64. The van der Waals surface area contributed by atoms with Crippen molar-refractivity contribution in [3.05, 3.63) is 35.4 Å². The Kier molecular flexibility index (Phi) is 2.50. The van der Waals surface area contributed by atoms with Crippen molar-refractivity contribution in [3.8, 4) is 0 Å². The molecule has 0 amide bonds. The molecular formula is C11H13F2N. The summed E-state index contributed by atoms with van der Waals surface area (Å²) in [5, 5.41) is 0. The van der Waals surface area contributed by atoms with Crippen molar-refractivity contribution in [2.75, 3.05) is 13.6 Å². The molecular weight excluding hydrogens is 184 g/mol. The smallest absolute Gasteiger partial charge is 0.128 e. The fraction of sp³-hybridized carbons (Fsp3) is 0.455. The highest BCUT2D eigenvalue weighted by Gasteiger charge is 2.25. The molecule has 0 bridgehead atoms. The SMILES string of the molecule is CN1CCC[C@H]1c1cc(F)ccc1F. The lowest BCUT2D eigenvalue weighted by molar-refractivity contribution is 0.309. The summed E-state index contributed by atoms with van der Waals surface area (Å²) in [6.07, 6.45) is 1.97. The van der Waals surface area contributed by atoms with E-state index in [4.69, 9.17) is 0 Å². The second kappa shape index (κ2) is 3.65. The Labute approximate surface area is 82.3 Å². The lowest BCUT2D eigenvalue weighted by atomic mass is 10.0. The van der Waals surface area contributed by atoms with Crippen LogP contribution in [0.4, 0.5) is 8.78 Å². The van der Waals surface area contributed by atoms with Crippen LogP contribution in [0.2, 0.25) is 0 Å². The topological polar surface area (TPSA) is 3.24 Å². The Bertz CT molecular complexity index is 338. The van der Waals surface area contributed by atoms with Crippen molar-refractivity contribution in [1.82, 2.24) is 4.90 Å². The van der Waals surface area contributed by atoms with Gasteiger partial charge in [-0.05, 0) is 44.6 Å². The molecule has 1 aliphatic rings. The zero-order valence-electron chi connectivity index (χ0n) is 8.13. The van der Waals surface area contributed by atoms with Crippen molar-refractivity contribution in [2.45, 2.75) is 18.9 Å². The van der Waals surface area contributed by atoms with Gasteiger partial charge in [-0.15, -0.1) is 0 Å². The summed E-state index contributed by atoms with van der Waals surface area (Å²) in [6.45, 7) is 0.959. The van der Waals surface area contributed by atoms with E-state index >= 15 is 0 Å². The molecule has 14 heavy (non-hydrogen) atoms. The quantitative estimate of drug-likeness (QED) is 0.669. The Morgan fingerprint density at radius 1 is 1.36 bits per heavy atom. The molecule has 1 atom stereocenters. The fourth-order valence-electron chi connectivity index (χ4n) is 2.07. The first-order chi connectivity index (χ1) is 6.68. The van der Waals surface area contributed by atoms with Crippen LogP contribution in [0.15, 0.2) is 18.2 Å². The van der Waals surface area contributed by atoms with Gasteiger partial charge in [0.25, 0.3) is 0 Å². The van der Waals surface area contributed by atoms with E-state index in [2.05, 4.69) is 4.90 Å².